The molecule has 142 valence electrons. The van der Waals surface area contributed by atoms with Crippen molar-refractivity contribution in [3.8, 4) is 0 Å². The molecule has 3 nitrogen and oxygen atoms in total. The molecule has 0 N–H and O–H groups in total. The first-order valence-corrected chi connectivity index (χ1v) is 11.1. The summed E-state index contributed by atoms with van der Waals surface area (Å²) in [6, 6.07) is 0. The Kier molecular flexibility index (Phi) is 3.41. The van der Waals surface area contributed by atoms with Crippen LogP contribution in [0.2, 0.25) is 0 Å². The zero-order chi connectivity index (χ0) is 17.5. The third kappa shape index (κ3) is 2.11. The first-order chi connectivity index (χ1) is 12.6. The minimum atomic E-state index is 0.133. The van der Waals surface area contributed by atoms with Gasteiger partial charge in [0, 0.05) is 11.3 Å². The number of fused-ring (bicyclic) bond motifs is 4. The van der Waals surface area contributed by atoms with Crippen LogP contribution in [0, 0.1) is 34.5 Å². The van der Waals surface area contributed by atoms with Crippen LogP contribution in [-0.2, 0) is 14.3 Å². The van der Waals surface area contributed by atoms with Gasteiger partial charge in [-0.1, -0.05) is 12.5 Å². The lowest BCUT2D eigenvalue weighted by Gasteiger charge is -2.60. The standard InChI is InChI=1S/C23H32O3/c1-22-9-8-19-17(18(22)6-7-21(22)26-16-3-4-16)5-2-15-10-20(24)14-11-23(15,19)13-25-12-14/h10,14,16-19,21H,2-9,11-13H2,1H3/t14-,17?,18?,19?,21+,22+,23-/m1/s1. The van der Waals surface area contributed by atoms with Gasteiger partial charge in [-0.15, -0.1) is 0 Å². The summed E-state index contributed by atoms with van der Waals surface area (Å²) < 4.78 is 12.5. The maximum absolute atomic E-state index is 12.4. The molecule has 6 rings (SSSR count). The molecule has 0 amide bonds. The van der Waals surface area contributed by atoms with Crippen LogP contribution in [-0.4, -0.2) is 31.2 Å². The van der Waals surface area contributed by atoms with Crippen molar-refractivity contribution in [2.24, 2.45) is 34.5 Å². The van der Waals surface area contributed by atoms with Gasteiger partial charge in [0.2, 0.25) is 0 Å². The van der Waals surface area contributed by atoms with Crippen LogP contribution >= 0.6 is 0 Å². The van der Waals surface area contributed by atoms with E-state index >= 15 is 0 Å². The Morgan fingerprint density at radius 1 is 1.12 bits per heavy atom. The number of rotatable bonds is 2. The molecule has 0 aromatic carbocycles. The van der Waals surface area contributed by atoms with E-state index in [0.717, 1.165) is 37.2 Å². The fourth-order valence-corrected chi connectivity index (χ4v) is 7.91. The molecule has 1 aliphatic heterocycles. The van der Waals surface area contributed by atoms with E-state index in [0.29, 0.717) is 30.0 Å². The number of ether oxygens (including phenoxy) is 2. The van der Waals surface area contributed by atoms with E-state index in [1.807, 2.05) is 6.08 Å². The molecule has 0 aromatic heterocycles. The van der Waals surface area contributed by atoms with Gasteiger partial charge in [-0.05, 0) is 87.0 Å². The van der Waals surface area contributed by atoms with Crippen molar-refractivity contribution in [1.82, 2.24) is 0 Å². The van der Waals surface area contributed by atoms with Crippen molar-refractivity contribution < 1.29 is 14.3 Å². The zero-order valence-electron chi connectivity index (χ0n) is 16.0. The fourth-order valence-electron chi connectivity index (χ4n) is 7.91. The first kappa shape index (κ1) is 16.3. The number of ketones is 1. The van der Waals surface area contributed by atoms with Crippen LogP contribution in [0.15, 0.2) is 11.6 Å². The van der Waals surface area contributed by atoms with Gasteiger partial charge < -0.3 is 9.47 Å². The Hall–Kier alpha value is -0.670. The van der Waals surface area contributed by atoms with E-state index < -0.39 is 0 Å². The van der Waals surface area contributed by atoms with Crippen LogP contribution in [0.3, 0.4) is 0 Å². The fraction of sp³-hybridized carbons (Fsp3) is 0.870. The second kappa shape index (κ2) is 5.44. The second-order valence-corrected chi connectivity index (χ2v) is 10.5. The summed E-state index contributed by atoms with van der Waals surface area (Å²) in [7, 11) is 0. The minimum absolute atomic E-state index is 0.133. The monoisotopic (exact) mass is 356 g/mol. The summed E-state index contributed by atoms with van der Waals surface area (Å²) in [5.41, 5.74) is 2.03. The third-order valence-corrected chi connectivity index (χ3v) is 9.34. The van der Waals surface area contributed by atoms with Gasteiger partial charge in [-0.2, -0.15) is 0 Å². The average molecular weight is 357 g/mol. The number of hydrogen-bond donors (Lipinski definition) is 0. The smallest absolute Gasteiger partial charge is 0.161 e. The van der Waals surface area contributed by atoms with E-state index in [9.17, 15) is 4.79 Å². The second-order valence-electron chi connectivity index (χ2n) is 10.5. The predicted octanol–water partition coefficient (Wildman–Crippen LogP) is 4.30. The Morgan fingerprint density at radius 2 is 2.00 bits per heavy atom. The van der Waals surface area contributed by atoms with Crippen molar-refractivity contribution in [3.63, 3.8) is 0 Å². The lowest BCUT2D eigenvalue weighted by molar-refractivity contribution is -0.149. The summed E-state index contributed by atoms with van der Waals surface area (Å²) in [6.45, 7) is 4.07. The number of carbonyl (C=O) groups excluding carboxylic acids is 1. The maximum Gasteiger partial charge on any atom is 0.161 e. The van der Waals surface area contributed by atoms with Crippen LogP contribution < -0.4 is 0 Å². The highest BCUT2D eigenvalue weighted by molar-refractivity contribution is 5.94. The number of hydrogen-bond acceptors (Lipinski definition) is 3. The summed E-state index contributed by atoms with van der Waals surface area (Å²) >= 11 is 0. The molecular formula is C23H32O3. The quantitative estimate of drug-likeness (QED) is 0.740. The molecule has 3 unspecified atom stereocenters. The zero-order valence-corrected chi connectivity index (χ0v) is 16.0. The lowest BCUT2D eigenvalue weighted by Crippen LogP contribution is -2.57. The molecule has 3 heteroatoms. The molecule has 0 aromatic rings. The molecule has 1 heterocycles. The van der Waals surface area contributed by atoms with Crippen LogP contribution in [0.4, 0.5) is 0 Å². The average Bonchev–Trinajstić information content (AvgIpc) is 3.39. The largest absolute Gasteiger partial charge is 0.380 e. The van der Waals surface area contributed by atoms with Gasteiger partial charge in [-0.3, -0.25) is 4.79 Å². The first-order valence-electron chi connectivity index (χ1n) is 11.1. The summed E-state index contributed by atoms with van der Waals surface area (Å²) in [6.07, 6.45) is 14.4. The normalized spacial score (nSPS) is 52.7. The van der Waals surface area contributed by atoms with E-state index in [2.05, 4.69) is 6.92 Å². The molecule has 0 radical (unpaired) electrons. The highest BCUT2D eigenvalue weighted by Gasteiger charge is 2.62. The van der Waals surface area contributed by atoms with Crippen molar-refractivity contribution >= 4 is 5.78 Å². The summed E-state index contributed by atoms with van der Waals surface area (Å²) in [5.74, 6) is 2.84. The molecule has 26 heavy (non-hydrogen) atoms. The molecule has 5 aliphatic carbocycles. The molecule has 1 spiro atoms. The molecule has 6 aliphatic rings. The highest BCUT2D eigenvalue weighted by Crippen LogP contribution is 2.66. The molecule has 5 fully saturated rings. The van der Waals surface area contributed by atoms with E-state index in [1.165, 1.54) is 50.5 Å². The van der Waals surface area contributed by atoms with Crippen molar-refractivity contribution in [2.75, 3.05) is 13.2 Å². The van der Waals surface area contributed by atoms with Crippen LogP contribution in [0.1, 0.15) is 64.7 Å². The molecule has 7 atom stereocenters. The summed E-state index contributed by atoms with van der Waals surface area (Å²) in [4.78, 5) is 12.4. The van der Waals surface area contributed by atoms with Gasteiger partial charge in [0.15, 0.2) is 5.78 Å². The summed E-state index contributed by atoms with van der Waals surface area (Å²) in [5, 5.41) is 0. The van der Waals surface area contributed by atoms with Gasteiger partial charge in [0.25, 0.3) is 0 Å². The molecular weight excluding hydrogens is 324 g/mol. The Labute approximate surface area is 156 Å². The van der Waals surface area contributed by atoms with E-state index in [-0.39, 0.29) is 11.3 Å². The van der Waals surface area contributed by atoms with Crippen molar-refractivity contribution in [2.45, 2.75) is 76.9 Å². The lowest BCUT2D eigenvalue weighted by atomic mass is 9.46. The van der Waals surface area contributed by atoms with Gasteiger partial charge in [0.05, 0.1) is 25.4 Å². The Bertz CT molecular complexity index is 664. The maximum atomic E-state index is 12.4. The molecule has 1 saturated heterocycles. The van der Waals surface area contributed by atoms with Gasteiger partial charge in [-0.25, -0.2) is 0 Å². The van der Waals surface area contributed by atoms with Crippen LogP contribution in [0.5, 0.6) is 0 Å². The van der Waals surface area contributed by atoms with Crippen molar-refractivity contribution in [3.05, 3.63) is 11.6 Å². The van der Waals surface area contributed by atoms with Gasteiger partial charge in [0.1, 0.15) is 0 Å². The molecule has 4 saturated carbocycles. The Balaban J connectivity index is 1.33. The molecule has 2 bridgehead atoms. The van der Waals surface area contributed by atoms with E-state index in [4.69, 9.17) is 9.47 Å². The minimum Gasteiger partial charge on any atom is -0.380 e. The third-order valence-electron chi connectivity index (χ3n) is 9.34. The number of carbonyl (C=O) groups is 1. The topological polar surface area (TPSA) is 35.5 Å². The Morgan fingerprint density at radius 3 is 2.85 bits per heavy atom. The van der Waals surface area contributed by atoms with Crippen molar-refractivity contribution in [1.29, 1.82) is 0 Å². The predicted molar refractivity (Wildman–Crippen MR) is 98.6 cm³/mol. The van der Waals surface area contributed by atoms with Gasteiger partial charge >= 0.3 is 0 Å². The highest BCUT2D eigenvalue weighted by atomic mass is 16.5. The van der Waals surface area contributed by atoms with E-state index in [1.54, 1.807) is 0 Å². The van der Waals surface area contributed by atoms with Crippen LogP contribution in [0.25, 0.3) is 0 Å². The SMILES string of the molecule is C[C@]12CCC3C(CCC4=CC(=O)[C@H]5COC[C@]43C5)C1CC[C@@H]2OC1CC1.